The van der Waals surface area contributed by atoms with E-state index in [0.29, 0.717) is 0 Å². The van der Waals surface area contributed by atoms with Gasteiger partial charge in [-0.15, -0.1) is 0 Å². The van der Waals surface area contributed by atoms with E-state index in [9.17, 15) is 9.90 Å². The minimum atomic E-state index is -0.936. The molecule has 2 N–H and O–H groups in total. The van der Waals surface area contributed by atoms with E-state index in [0.717, 1.165) is 30.7 Å². The summed E-state index contributed by atoms with van der Waals surface area (Å²) in [7, 11) is 0. The van der Waals surface area contributed by atoms with Crippen molar-refractivity contribution in [3.8, 4) is 11.1 Å². The molecule has 26 heavy (non-hydrogen) atoms. The van der Waals surface area contributed by atoms with Crippen LogP contribution in [0.2, 0.25) is 0 Å². The van der Waals surface area contributed by atoms with Gasteiger partial charge in [-0.05, 0) is 71.3 Å². The van der Waals surface area contributed by atoms with Gasteiger partial charge in [-0.25, -0.2) is 4.79 Å². The second-order valence-corrected chi connectivity index (χ2v) is 7.94. The third kappa shape index (κ3) is 2.90. The van der Waals surface area contributed by atoms with E-state index in [1.54, 1.807) is 0 Å². The molecule has 2 aromatic carbocycles. The number of amides is 1. The maximum absolute atomic E-state index is 11.4. The number of hydrogen-bond acceptors (Lipinski definition) is 1. The molecule has 0 heterocycles. The number of nitrogens with one attached hydrogen (secondary N) is 1. The third-order valence-corrected chi connectivity index (χ3v) is 6.58. The van der Waals surface area contributed by atoms with Gasteiger partial charge in [0.25, 0.3) is 0 Å². The molecule has 1 unspecified atom stereocenters. The van der Waals surface area contributed by atoms with Crippen LogP contribution in [0.15, 0.2) is 42.5 Å². The van der Waals surface area contributed by atoms with Crippen molar-refractivity contribution in [2.45, 2.75) is 57.9 Å². The molecular weight excluding hydrogens is 322 g/mol. The Morgan fingerprint density at radius 2 is 1.73 bits per heavy atom. The fraction of sp³-hybridized carbons (Fsp3) is 0.435. The highest BCUT2D eigenvalue weighted by atomic mass is 16.4. The minimum Gasteiger partial charge on any atom is -0.465 e. The van der Waals surface area contributed by atoms with Crippen molar-refractivity contribution in [1.82, 2.24) is 5.32 Å². The lowest BCUT2D eigenvalue weighted by molar-refractivity contribution is 0.157. The Hall–Kier alpha value is -2.29. The molecule has 2 aromatic rings. The quantitative estimate of drug-likeness (QED) is 0.706. The molecule has 0 saturated heterocycles. The Kier molecular flexibility index (Phi) is 4.26. The first-order chi connectivity index (χ1) is 12.6. The topological polar surface area (TPSA) is 49.3 Å². The van der Waals surface area contributed by atoms with Crippen LogP contribution < -0.4 is 5.32 Å². The minimum absolute atomic E-state index is 0.0187. The third-order valence-electron chi connectivity index (χ3n) is 6.58. The van der Waals surface area contributed by atoms with Gasteiger partial charge in [-0.2, -0.15) is 0 Å². The highest BCUT2D eigenvalue weighted by Gasteiger charge is 2.44. The zero-order valence-corrected chi connectivity index (χ0v) is 15.6. The summed E-state index contributed by atoms with van der Waals surface area (Å²) in [5, 5.41) is 12.1. The van der Waals surface area contributed by atoms with Crippen molar-refractivity contribution in [1.29, 1.82) is 0 Å². The van der Waals surface area contributed by atoms with Gasteiger partial charge < -0.3 is 10.4 Å². The molecule has 136 valence electrons. The summed E-state index contributed by atoms with van der Waals surface area (Å²) in [5.74, 6) is 0.779. The molecule has 1 amide bonds. The fourth-order valence-electron chi connectivity index (χ4n) is 4.66. The predicted octanol–water partition coefficient (Wildman–Crippen LogP) is 5.90. The van der Waals surface area contributed by atoms with Crippen LogP contribution in [0.1, 0.15) is 68.2 Å². The smallest absolute Gasteiger partial charge is 0.405 e. The largest absolute Gasteiger partial charge is 0.465 e. The first-order valence-corrected chi connectivity index (χ1v) is 9.79. The highest BCUT2D eigenvalue weighted by molar-refractivity contribution is 5.69. The van der Waals surface area contributed by atoms with Crippen LogP contribution in [0.4, 0.5) is 4.79 Å². The van der Waals surface area contributed by atoms with E-state index in [1.165, 1.54) is 35.1 Å². The number of hydrogen-bond donors (Lipinski definition) is 2. The molecule has 0 aromatic heterocycles. The average molecular weight is 349 g/mol. The second-order valence-electron chi connectivity index (χ2n) is 7.94. The maximum atomic E-state index is 11.4. The van der Waals surface area contributed by atoms with Crippen molar-refractivity contribution < 1.29 is 9.90 Å². The molecule has 3 nitrogen and oxygen atoms in total. The van der Waals surface area contributed by atoms with Gasteiger partial charge in [-0.1, -0.05) is 56.3 Å². The van der Waals surface area contributed by atoms with Gasteiger partial charge in [-0.3, -0.25) is 0 Å². The molecule has 0 bridgehead atoms. The monoisotopic (exact) mass is 349 g/mol. The van der Waals surface area contributed by atoms with Crippen LogP contribution in [0, 0.1) is 5.41 Å². The van der Waals surface area contributed by atoms with Gasteiger partial charge in [0.2, 0.25) is 0 Å². The average Bonchev–Trinajstić information content (AvgIpc) is 3.46. The Labute approximate surface area is 155 Å². The molecule has 4 rings (SSSR count). The van der Waals surface area contributed by atoms with Crippen LogP contribution in [-0.2, 0) is 6.42 Å². The Balaban J connectivity index is 1.67. The molecule has 2 aliphatic rings. The number of carbonyl (C=O) groups is 1. The summed E-state index contributed by atoms with van der Waals surface area (Å²) in [6.45, 7) is 4.34. The molecule has 0 radical (unpaired) electrons. The maximum Gasteiger partial charge on any atom is 0.405 e. The standard InChI is InChI=1S/C23H27NO2/c1-3-23(4-2)14-19-13-18(11-12-20(19)21(23)24-22(25)26)17-9-7-16(8-10-17)15-5-6-15/h7-13,15,21,24H,3-6,14H2,1-2H3,(H,25,26). The normalized spacial score (nSPS) is 20.6. The molecule has 0 spiro atoms. The Morgan fingerprint density at radius 1 is 1.08 bits per heavy atom. The summed E-state index contributed by atoms with van der Waals surface area (Å²) in [6, 6.07) is 15.4. The van der Waals surface area contributed by atoms with E-state index in [-0.39, 0.29) is 11.5 Å². The lowest BCUT2D eigenvalue weighted by Crippen LogP contribution is -2.37. The van der Waals surface area contributed by atoms with E-state index in [4.69, 9.17) is 0 Å². The van der Waals surface area contributed by atoms with Gasteiger partial charge in [0.1, 0.15) is 0 Å². The van der Waals surface area contributed by atoms with Crippen LogP contribution in [0.3, 0.4) is 0 Å². The van der Waals surface area contributed by atoms with E-state index in [1.807, 2.05) is 0 Å². The lowest BCUT2D eigenvalue weighted by Gasteiger charge is -2.33. The predicted molar refractivity (Wildman–Crippen MR) is 104 cm³/mol. The van der Waals surface area contributed by atoms with Crippen molar-refractivity contribution >= 4 is 6.09 Å². The number of rotatable bonds is 5. The molecule has 1 saturated carbocycles. The van der Waals surface area contributed by atoms with Crippen molar-refractivity contribution in [3.63, 3.8) is 0 Å². The van der Waals surface area contributed by atoms with E-state index < -0.39 is 6.09 Å². The number of fused-ring (bicyclic) bond motifs is 1. The van der Waals surface area contributed by atoms with Crippen LogP contribution in [-0.4, -0.2) is 11.2 Å². The summed E-state index contributed by atoms with van der Waals surface area (Å²) < 4.78 is 0. The number of benzene rings is 2. The summed E-state index contributed by atoms with van der Waals surface area (Å²) in [4.78, 5) is 11.4. The molecule has 1 atom stereocenters. The zero-order chi connectivity index (χ0) is 18.3. The van der Waals surface area contributed by atoms with Gasteiger partial charge in [0.15, 0.2) is 0 Å². The Morgan fingerprint density at radius 3 is 2.31 bits per heavy atom. The first-order valence-electron chi connectivity index (χ1n) is 9.79. The molecular formula is C23H27NO2. The van der Waals surface area contributed by atoms with E-state index >= 15 is 0 Å². The van der Waals surface area contributed by atoms with E-state index in [2.05, 4.69) is 61.6 Å². The van der Waals surface area contributed by atoms with Crippen molar-refractivity contribution in [2.75, 3.05) is 0 Å². The van der Waals surface area contributed by atoms with Gasteiger partial charge in [0, 0.05) is 0 Å². The van der Waals surface area contributed by atoms with Crippen molar-refractivity contribution in [3.05, 3.63) is 59.2 Å². The first kappa shape index (κ1) is 17.1. The summed E-state index contributed by atoms with van der Waals surface area (Å²) >= 11 is 0. The fourth-order valence-corrected chi connectivity index (χ4v) is 4.66. The van der Waals surface area contributed by atoms with Crippen molar-refractivity contribution in [2.24, 2.45) is 5.41 Å². The van der Waals surface area contributed by atoms with Gasteiger partial charge >= 0.3 is 6.09 Å². The van der Waals surface area contributed by atoms with Gasteiger partial charge in [0.05, 0.1) is 6.04 Å². The Bertz CT molecular complexity index is 817. The summed E-state index contributed by atoms with van der Waals surface area (Å²) in [5.41, 5.74) is 6.34. The van der Waals surface area contributed by atoms with Crippen LogP contribution in [0.5, 0.6) is 0 Å². The summed E-state index contributed by atoms with van der Waals surface area (Å²) in [6.07, 6.45) is 4.59. The van der Waals surface area contributed by atoms with Crippen LogP contribution in [0.25, 0.3) is 11.1 Å². The SMILES string of the molecule is CCC1(CC)Cc2cc(-c3ccc(C4CC4)cc3)ccc2C1NC(=O)O. The number of carboxylic acid groups (broad SMARTS) is 1. The molecule has 1 fully saturated rings. The lowest BCUT2D eigenvalue weighted by atomic mass is 9.76. The second kappa shape index (κ2) is 6.46. The zero-order valence-electron chi connectivity index (χ0n) is 15.6. The molecule has 2 aliphatic carbocycles. The molecule has 3 heteroatoms. The van der Waals surface area contributed by atoms with Crippen LogP contribution >= 0.6 is 0 Å². The molecule has 0 aliphatic heterocycles. The highest BCUT2D eigenvalue weighted by Crippen LogP contribution is 2.51.